The zero-order chi connectivity index (χ0) is 19.6. The van der Waals surface area contributed by atoms with Crippen molar-refractivity contribution in [3.05, 3.63) is 59.9 Å². The first kappa shape index (κ1) is 18.4. The quantitative estimate of drug-likeness (QED) is 0.598. The molecule has 136 valence electrons. The van der Waals surface area contributed by atoms with Crippen molar-refractivity contribution in [3.8, 4) is 0 Å². The van der Waals surface area contributed by atoms with Gasteiger partial charge in [0.25, 0.3) is 17.3 Å². The fourth-order valence-corrected chi connectivity index (χ4v) is 2.31. The van der Waals surface area contributed by atoms with E-state index in [1.165, 1.54) is 6.92 Å². The van der Waals surface area contributed by atoms with Gasteiger partial charge in [0, 0.05) is 18.7 Å². The number of anilines is 1. The van der Waals surface area contributed by atoms with Crippen molar-refractivity contribution < 1.29 is 19.6 Å². The van der Waals surface area contributed by atoms with Crippen LogP contribution in [0.3, 0.4) is 0 Å². The second-order valence-electron chi connectivity index (χ2n) is 5.06. The molecule has 13 heteroatoms. The Kier molecular flexibility index (Phi) is 4.91. The highest BCUT2D eigenvalue weighted by molar-refractivity contribution is 6.06. The van der Waals surface area contributed by atoms with Crippen LogP contribution in [0.1, 0.15) is 23.0 Å². The number of amides is 1. The van der Waals surface area contributed by atoms with E-state index in [1.54, 1.807) is 6.92 Å². The third kappa shape index (κ3) is 3.31. The molecule has 0 atom stereocenters. The van der Waals surface area contributed by atoms with E-state index in [0.717, 1.165) is 23.0 Å². The summed E-state index contributed by atoms with van der Waals surface area (Å²) in [6.07, 6.45) is 0.901. The van der Waals surface area contributed by atoms with Gasteiger partial charge in [-0.25, -0.2) is 0 Å². The lowest BCUT2D eigenvalue weighted by Gasteiger charge is -2.08. The van der Waals surface area contributed by atoms with Crippen molar-refractivity contribution in [2.75, 3.05) is 5.32 Å². The van der Waals surface area contributed by atoms with Gasteiger partial charge in [0.15, 0.2) is 0 Å². The summed E-state index contributed by atoms with van der Waals surface area (Å²) in [5.74, 6) is -0.969. The SMILES string of the molecule is CCn1ncc([N+](=O)[O-])c1C(=O)Nc1cc([N+](=O)[O-])c(C)c([N+](=O)[O-])c1. The van der Waals surface area contributed by atoms with Gasteiger partial charge in [0.05, 0.1) is 20.5 Å². The minimum atomic E-state index is -0.969. The highest BCUT2D eigenvalue weighted by Crippen LogP contribution is 2.32. The molecule has 1 heterocycles. The van der Waals surface area contributed by atoms with Gasteiger partial charge in [-0.05, 0) is 13.8 Å². The number of aryl methyl sites for hydroxylation is 1. The Hall–Kier alpha value is -3.90. The molecule has 26 heavy (non-hydrogen) atoms. The Morgan fingerprint density at radius 1 is 1.08 bits per heavy atom. The van der Waals surface area contributed by atoms with Crippen LogP contribution in [0.25, 0.3) is 0 Å². The number of rotatable bonds is 6. The predicted octanol–water partition coefficient (Wildman–Crippen LogP) is 2.19. The van der Waals surface area contributed by atoms with Gasteiger partial charge in [0.1, 0.15) is 11.8 Å². The minimum absolute atomic E-state index is 0.158. The van der Waals surface area contributed by atoms with Crippen molar-refractivity contribution in [2.24, 2.45) is 0 Å². The van der Waals surface area contributed by atoms with E-state index in [1.807, 2.05) is 0 Å². The van der Waals surface area contributed by atoms with Crippen molar-refractivity contribution in [1.82, 2.24) is 9.78 Å². The van der Waals surface area contributed by atoms with E-state index < -0.39 is 37.7 Å². The van der Waals surface area contributed by atoms with Crippen LogP contribution in [0.4, 0.5) is 22.7 Å². The molecule has 1 N–H and O–H groups in total. The van der Waals surface area contributed by atoms with E-state index in [-0.39, 0.29) is 23.5 Å². The van der Waals surface area contributed by atoms with Crippen LogP contribution < -0.4 is 5.32 Å². The summed E-state index contributed by atoms with van der Waals surface area (Å²) in [5, 5.41) is 39.1. The van der Waals surface area contributed by atoms with Crippen LogP contribution >= 0.6 is 0 Å². The van der Waals surface area contributed by atoms with Gasteiger partial charge in [-0.2, -0.15) is 5.10 Å². The molecule has 0 bridgehead atoms. The Bertz CT molecular complexity index is 900. The summed E-state index contributed by atoms with van der Waals surface area (Å²) in [6, 6.07) is 1.89. The number of nitrogens with zero attached hydrogens (tertiary/aromatic N) is 5. The standard InChI is InChI=1S/C13H12N6O7/c1-3-16-12(11(6-14-16)19(25)26)13(20)15-8-4-9(17(21)22)7(2)10(5-8)18(23)24/h4-6H,3H2,1-2H3,(H,15,20). The number of nitro groups is 3. The van der Waals surface area contributed by atoms with E-state index in [9.17, 15) is 35.1 Å². The topological polar surface area (TPSA) is 176 Å². The van der Waals surface area contributed by atoms with Crippen molar-refractivity contribution >= 4 is 28.7 Å². The van der Waals surface area contributed by atoms with E-state index in [4.69, 9.17) is 0 Å². The number of carbonyl (C=O) groups excluding carboxylic acids is 1. The predicted molar refractivity (Wildman–Crippen MR) is 87.0 cm³/mol. The van der Waals surface area contributed by atoms with Crippen molar-refractivity contribution in [2.45, 2.75) is 20.4 Å². The Morgan fingerprint density at radius 2 is 1.58 bits per heavy atom. The fraction of sp³-hybridized carbons (Fsp3) is 0.231. The molecule has 0 aliphatic carbocycles. The number of carbonyl (C=O) groups is 1. The average Bonchev–Trinajstić information content (AvgIpc) is 3.00. The highest BCUT2D eigenvalue weighted by Gasteiger charge is 2.28. The summed E-state index contributed by atoms with van der Waals surface area (Å²) in [7, 11) is 0. The molecule has 0 unspecified atom stereocenters. The maximum absolute atomic E-state index is 12.4. The molecule has 1 amide bonds. The van der Waals surface area contributed by atoms with Crippen LogP contribution in [0.15, 0.2) is 18.3 Å². The summed E-state index contributed by atoms with van der Waals surface area (Å²) in [6.45, 7) is 2.97. The summed E-state index contributed by atoms with van der Waals surface area (Å²) >= 11 is 0. The average molecular weight is 364 g/mol. The molecule has 2 aromatic rings. The first-order chi connectivity index (χ1) is 12.2. The van der Waals surface area contributed by atoms with Crippen LogP contribution in [-0.4, -0.2) is 30.5 Å². The Labute approximate surface area is 144 Å². The summed E-state index contributed by atoms with van der Waals surface area (Å²) in [5.41, 5.74) is -2.47. The lowest BCUT2D eigenvalue weighted by Crippen LogP contribution is -2.19. The molecule has 2 rings (SSSR count). The Morgan fingerprint density at radius 3 is 2.00 bits per heavy atom. The monoisotopic (exact) mass is 364 g/mol. The third-order valence-corrected chi connectivity index (χ3v) is 3.54. The molecule has 13 nitrogen and oxygen atoms in total. The van der Waals surface area contributed by atoms with E-state index in [2.05, 4.69) is 10.4 Å². The van der Waals surface area contributed by atoms with Gasteiger partial charge < -0.3 is 5.32 Å². The van der Waals surface area contributed by atoms with Gasteiger partial charge in [0.2, 0.25) is 5.69 Å². The minimum Gasteiger partial charge on any atom is -0.320 e. The molecule has 0 radical (unpaired) electrons. The first-order valence-corrected chi connectivity index (χ1v) is 7.12. The van der Waals surface area contributed by atoms with E-state index in [0.29, 0.717) is 0 Å². The zero-order valence-electron chi connectivity index (χ0n) is 13.5. The maximum Gasteiger partial charge on any atom is 0.320 e. The second kappa shape index (κ2) is 6.92. The molecular weight excluding hydrogens is 352 g/mol. The van der Waals surface area contributed by atoms with E-state index >= 15 is 0 Å². The molecule has 0 aliphatic heterocycles. The first-order valence-electron chi connectivity index (χ1n) is 7.12. The molecule has 1 aromatic carbocycles. The lowest BCUT2D eigenvalue weighted by molar-refractivity contribution is -0.395. The largest absolute Gasteiger partial charge is 0.320 e. The van der Waals surface area contributed by atoms with Crippen LogP contribution in [0.2, 0.25) is 0 Å². The molecule has 0 fully saturated rings. The second-order valence-corrected chi connectivity index (χ2v) is 5.06. The highest BCUT2D eigenvalue weighted by atomic mass is 16.6. The maximum atomic E-state index is 12.4. The molecule has 0 saturated heterocycles. The van der Waals surface area contributed by atoms with Crippen LogP contribution in [-0.2, 0) is 6.54 Å². The number of nitrogens with one attached hydrogen (secondary N) is 1. The molecule has 0 spiro atoms. The molecular formula is C13H12N6O7. The van der Waals surface area contributed by atoms with Crippen LogP contribution in [0, 0.1) is 37.3 Å². The smallest absolute Gasteiger partial charge is 0.320 e. The summed E-state index contributed by atoms with van der Waals surface area (Å²) in [4.78, 5) is 43.1. The lowest BCUT2D eigenvalue weighted by atomic mass is 10.1. The van der Waals surface area contributed by atoms with Gasteiger partial charge in [-0.3, -0.25) is 39.8 Å². The molecule has 0 aliphatic rings. The van der Waals surface area contributed by atoms with Crippen LogP contribution in [0.5, 0.6) is 0 Å². The van der Waals surface area contributed by atoms with Crippen molar-refractivity contribution in [1.29, 1.82) is 0 Å². The van der Waals surface area contributed by atoms with Gasteiger partial charge in [-0.15, -0.1) is 0 Å². The fourth-order valence-electron chi connectivity index (χ4n) is 2.31. The number of benzene rings is 1. The zero-order valence-corrected chi connectivity index (χ0v) is 13.5. The third-order valence-electron chi connectivity index (χ3n) is 3.54. The number of aromatic nitrogens is 2. The number of hydrogen-bond acceptors (Lipinski definition) is 8. The van der Waals surface area contributed by atoms with Gasteiger partial charge >= 0.3 is 5.69 Å². The van der Waals surface area contributed by atoms with Crippen molar-refractivity contribution in [3.63, 3.8) is 0 Å². The normalized spacial score (nSPS) is 10.4. The molecule has 0 saturated carbocycles. The molecule has 1 aromatic heterocycles. The Balaban J connectivity index is 2.51. The number of nitro benzene ring substituents is 2. The number of hydrogen-bond donors (Lipinski definition) is 1. The van der Waals surface area contributed by atoms with Gasteiger partial charge in [-0.1, -0.05) is 0 Å². The summed E-state index contributed by atoms with van der Waals surface area (Å²) < 4.78 is 1.07.